The Kier molecular flexibility index (Phi) is 5.65. The first-order chi connectivity index (χ1) is 8.09. The van der Waals surface area contributed by atoms with E-state index in [0.717, 1.165) is 25.9 Å². The van der Waals surface area contributed by atoms with Crippen LogP contribution in [0.15, 0.2) is 10.6 Å². The molecule has 1 aromatic heterocycles. The lowest BCUT2D eigenvalue weighted by atomic mass is 10.3. The normalized spacial score (nSPS) is 11.0. The highest BCUT2D eigenvalue weighted by molar-refractivity contribution is 5.85. The third-order valence-electron chi connectivity index (χ3n) is 2.29. The number of rotatable bonds is 8. The Labute approximate surface area is 101 Å². The van der Waals surface area contributed by atoms with E-state index in [2.05, 4.69) is 29.5 Å². The summed E-state index contributed by atoms with van der Waals surface area (Å²) >= 11 is 0. The van der Waals surface area contributed by atoms with Crippen molar-refractivity contribution in [2.45, 2.75) is 19.4 Å². The molecule has 1 rings (SSSR count). The quantitative estimate of drug-likeness (QED) is 0.656. The average molecular weight is 241 g/mol. The van der Waals surface area contributed by atoms with E-state index in [1.165, 1.54) is 6.07 Å². The Morgan fingerprint density at radius 1 is 1.53 bits per heavy atom. The minimum absolute atomic E-state index is 0.0468. The maximum absolute atomic E-state index is 10.5. The zero-order valence-corrected chi connectivity index (χ0v) is 10.3. The molecule has 0 radical (unpaired) electrons. The first kappa shape index (κ1) is 13.7. The molecule has 1 heterocycles. The maximum Gasteiger partial charge on any atom is 0.358 e. The molecule has 0 spiro atoms. The maximum atomic E-state index is 10.5. The van der Waals surface area contributed by atoms with Gasteiger partial charge in [-0.15, -0.1) is 0 Å². The number of carbonyl (C=O) groups is 1. The Morgan fingerprint density at radius 2 is 2.29 bits per heavy atom. The third kappa shape index (κ3) is 5.46. The average Bonchev–Trinajstić information content (AvgIpc) is 2.71. The summed E-state index contributed by atoms with van der Waals surface area (Å²) in [6.07, 6.45) is 2.22. The summed E-state index contributed by atoms with van der Waals surface area (Å²) in [6, 6.07) is 1.44. The van der Waals surface area contributed by atoms with Crippen LogP contribution in [0.5, 0.6) is 0 Å². The third-order valence-corrected chi connectivity index (χ3v) is 2.29. The van der Waals surface area contributed by atoms with Gasteiger partial charge >= 0.3 is 5.97 Å². The van der Waals surface area contributed by atoms with Crippen molar-refractivity contribution in [3.8, 4) is 0 Å². The van der Waals surface area contributed by atoms with E-state index in [9.17, 15) is 4.79 Å². The number of nitrogens with one attached hydrogen (secondary N) is 1. The van der Waals surface area contributed by atoms with Crippen molar-refractivity contribution < 1.29 is 14.4 Å². The van der Waals surface area contributed by atoms with Gasteiger partial charge in [0.15, 0.2) is 11.5 Å². The van der Waals surface area contributed by atoms with Crippen molar-refractivity contribution in [1.82, 2.24) is 15.4 Å². The van der Waals surface area contributed by atoms with Crippen molar-refractivity contribution in [2.75, 3.05) is 27.2 Å². The predicted octanol–water partition coefficient (Wildman–Crippen LogP) is 0.804. The predicted molar refractivity (Wildman–Crippen MR) is 63.0 cm³/mol. The minimum atomic E-state index is -1.06. The molecule has 0 aromatic carbocycles. The van der Waals surface area contributed by atoms with Crippen LogP contribution in [0.25, 0.3) is 0 Å². The number of carboxylic acids is 1. The molecule has 0 aliphatic carbocycles. The lowest BCUT2D eigenvalue weighted by Gasteiger charge is -2.08. The van der Waals surface area contributed by atoms with Crippen molar-refractivity contribution in [1.29, 1.82) is 0 Å². The Hall–Kier alpha value is -1.40. The molecule has 6 nitrogen and oxygen atoms in total. The zero-order chi connectivity index (χ0) is 12.7. The second kappa shape index (κ2) is 7.03. The van der Waals surface area contributed by atoms with E-state index in [4.69, 9.17) is 9.63 Å². The highest BCUT2D eigenvalue weighted by Crippen LogP contribution is 2.03. The van der Waals surface area contributed by atoms with Crippen molar-refractivity contribution in [2.24, 2.45) is 0 Å². The highest BCUT2D eigenvalue weighted by atomic mass is 16.5. The van der Waals surface area contributed by atoms with Crippen molar-refractivity contribution in [3.05, 3.63) is 17.5 Å². The second-order valence-electron chi connectivity index (χ2n) is 4.17. The van der Waals surface area contributed by atoms with Crippen LogP contribution in [-0.2, 0) is 6.54 Å². The SMILES string of the molecule is CN(C)CCCCNCc1cc(C(=O)O)no1. The topological polar surface area (TPSA) is 78.6 Å². The van der Waals surface area contributed by atoms with Crippen LogP contribution < -0.4 is 5.32 Å². The fourth-order valence-electron chi connectivity index (χ4n) is 1.39. The molecule has 1 aromatic rings. The summed E-state index contributed by atoms with van der Waals surface area (Å²) in [5.74, 6) is -0.513. The minimum Gasteiger partial charge on any atom is -0.476 e. The molecule has 0 unspecified atom stereocenters. The second-order valence-corrected chi connectivity index (χ2v) is 4.17. The smallest absolute Gasteiger partial charge is 0.358 e. The molecule has 17 heavy (non-hydrogen) atoms. The van der Waals surface area contributed by atoms with E-state index in [1.807, 2.05) is 0 Å². The standard InChI is InChI=1S/C11H19N3O3/c1-14(2)6-4-3-5-12-8-9-7-10(11(15)16)13-17-9/h7,12H,3-6,8H2,1-2H3,(H,15,16). The molecule has 0 fully saturated rings. The molecule has 0 amide bonds. The zero-order valence-electron chi connectivity index (χ0n) is 10.3. The van der Waals surface area contributed by atoms with Gasteiger partial charge in [-0.2, -0.15) is 0 Å². The van der Waals surface area contributed by atoms with Crippen LogP contribution in [0.1, 0.15) is 29.1 Å². The van der Waals surface area contributed by atoms with Gasteiger partial charge in [-0.3, -0.25) is 0 Å². The largest absolute Gasteiger partial charge is 0.476 e. The van der Waals surface area contributed by atoms with E-state index >= 15 is 0 Å². The fourth-order valence-corrected chi connectivity index (χ4v) is 1.39. The van der Waals surface area contributed by atoms with Crippen LogP contribution in [0.4, 0.5) is 0 Å². The van der Waals surface area contributed by atoms with Crippen LogP contribution >= 0.6 is 0 Å². The molecule has 6 heteroatoms. The van der Waals surface area contributed by atoms with Gasteiger partial charge in [-0.1, -0.05) is 5.16 Å². The number of aromatic carboxylic acids is 1. The Bertz CT molecular complexity index is 349. The molecular weight excluding hydrogens is 222 g/mol. The van der Waals surface area contributed by atoms with Gasteiger partial charge in [-0.05, 0) is 40.0 Å². The Morgan fingerprint density at radius 3 is 2.88 bits per heavy atom. The van der Waals surface area contributed by atoms with Gasteiger partial charge in [0.05, 0.1) is 6.54 Å². The van der Waals surface area contributed by atoms with Gasteiger partial charge in [0.25, 0.3) is 0 Å². The van der Waals surface area contributed by atoms with Gasteiger partial charge in [0.1, 0.15) is 0 Å². The van der Waals surface area contributed by atoms with Gasteiger partial charge < -0.3 is 19.8 Å². The van der Waals surface area contributed by atoms with Crippen LogP contribution in [0, 0.1) is 0 Å². The molecule has 0 atom stereocenters. The Balaban J connectivity index is 2.11. The fraction of sp³-hybridized carbons (Fsp3) is 0.636. The molecule has 0 aliphatic rings. The highest BCUT2D eigenvalue weighted by Gasteiger charge is 2.09. The number of unbranched alkanes of at least 4 members (excludes halogenated alkanes) is 1. The lowest BCUT2D eigenvalue weighted by molar-refractivity contribution is 0.0685. The summed E-state index contributed by atoms with van der Waals surface area (Å²) in [4.78, 5) is 12.7. The summed E-state index contributed by atoms with van der Waals surface area (Å²) in [6.45, 7) is 2.48. The molecule has 96 valence electrons. The van der Waals surface area contributed by atoms with Crippen LogP contribution in [-0.4, -0.2) is 48.3 Å². The molecular formula is C11H19N3O3. The molecule has 2 N–H and O–H groups in total. The van der Waals surface area contributed by atoms with Crippen LogP contribution in [0.2, 0.25) is 0 Å². The summed E-state index contributed by atoms with van der Waals surface area (Å²) in [5.41, 5.74) is -0.0468. The number of aromatic nitrogens is 1. The van der Waals surface area contributed by atoms with E-state index in [-0.39, 0.29) is 5.69 Å². The number of hydrogen-bond acceptors (Lipinski definition) is 5. The van der Waals surface area contributed by atoms with E-state index in [1.54, 1.807) is 0 Å². The summed E-state index contributed by atoms with van der Waals surface area (Å²) in [5, 5.41) is 15.3. The van der Waals surface area contributed by atoms with E-state index < -0.39 is 5.97 Å². The van der Waals surface area contributed by atoms with Gasteiger partial charge in [0.2, 0.25) is 0 Å². The lowest BCUT2D eigenvalue weighted by Crippen LogP contribution is -2.17. The number of carboxylic acid groups (broad SMARTS) is 1. The summed E-state index contributed by atoms with van der Waals surface area (Å²) in [7, 11) is 4.10. The molecule has 0 saturated carbocycles. The molecule has 0 bridgehead atoms. The molecule has 0 aliphatic heterocycles. The van der Waals surface area contributed by atoms with Gasteiger partial charge in [0, 0.05) is 6.07 Å². The first-order valence-corrected chi connectivity index (χ1v) is 5.64. The van der Waals surface area contributed by atoms with Crippen molar-refractivity contribution in [3.63, 3.8) is 0 Å². The van der Waals surface area contributed by atoms with Crippen molar-refractivity contribution >= 4 is 5.97 Å². The monoisotopic (exact) mass is 241 g/mol. The summed E-state index contributed by atoms with van der Waals surface area (Å²) < 4.78 is 4.87. The first-order valence-electron chi connectivity index (χ1n) is 5.64. The van der Waals surface area contributed by atoms with E-state index in [0.29, 0.717) is 12.3 Å². The van der Waals surface area contributed by atoms with Crippen LogP contribution in [0.3, 0.4) is 0 Å². The van der Waals surface area contributed by atoms with Gasteiger partial charge in [-0.25, -0.2) is 4.79 Å². The number of hydrogen-bond donors (Lipinski definition) is 2. The molecule has 0 saturated heterocycles. The number of nitrogens with zero attached hydrogens (tertiary/aromatic N) is 2.